The number of hydrogen-bond donors (Lipinski definition) is 1. The summed E-state index contributed by atoms with van der Waals surface area (Å²) in [4.78, 5) is 24.6. The number of para-hydroxylation sites is 2. The van der Waals surface area contributed by atoms with Crippen LogP contribution in [0.1, 0.15) is 18.5 Å². The Balaban J connectivity index is 1.80. The predicted octanol–water partition coefficient (Wildman–Crippen LogP) is 2.50. The van der Waals surface area contributed by atoms with E-state index in [1.54, 1.807) is 32.2 Å². The smallest absolute Gasteiger partial charge is 0.329 e. The monoisotopic (exact) mass is 345 g/mol. The number of aromatic nitrogens is 2. The molecule has 0 saturated carbocycles. The molecule has 0 fully saturated rings. The molecule has 0 spiro atoms. The Morgan fingerprint density at radius 3 is 2.48 bits per heavy atom. The second-order valence-electron chi connectivity index (χ2n) is 5.88. The van der Waals surface area contributed by atoms with Crippen LogP contribution in [0.25, 0.3) is 11.0 Å². The predicted molar refractivity (Wildman–Crippen MR) is 90.1 cm³/mol. The van der Waals surface area contributed by atoms with Gasteiger partial charge in [0.15, 0.2) is 11.6 Å². The molecule has 0 bridgehead atoms. The Kier molecular flexibility index (Phi) is 4.39. The second-order valence-corrected chi connectivity index (χ2v) is 5.88. The summed E-state index contributed by atoms with van der Waals surface area (Å²) in [5.41, 5.74) is 1.54. The van der Waals surface area contributed by atoms with Crippen molar-refractivity contribution in [2.45, 2.75) is 19.5 Å². The highest BCUT2D eigenvalue weighted by atomic mass is 19.2. The summed E-state index contributed by atoms with van der Waals surface area (Å²) >= 11 is 0. The van der Waals surface area contributed by atoms with Gasteiger partial charge < -0.3 is 5.32 Å². The molecule has 0 radical (unpaired) electrons. The van der Waals surface area contributed by atoms with Crippen LogP contribution in [-0.2, 0) is 18.4 Å². The molecule has 2 aromatic carbocycles. The third-order valence-corrected chi connectivity index (χ3v) is 4.17. The van der Waals surface area contributed by atoms with E-state index in [0.29, 0.717) is 11.1 Å². The van der Waals surface area contributed by atoms with E-state index in [4.69, 9.17) is 0 Å². The first-order valence-corrected chi connectivity index (χ1v) is 7.77. The van der Waals surface area contributed by atoms with Crippen LogP contribution < -0.4 is 11.0 Å². The number of carbonyl (C=O) groups is 1. The molecule has 1 atom stereocenters. The average molecular weight is 345 g/mol. The molecular weight excluding hydrogens is 328 g/mol. The van der Waals surface area contributed by atoms with Crippen LogP contribution in [0.3, 0.4) is 0 Å². The summed E-state index contributed by atoms with van der Waals surface area (Å²) in [7, 11) is 1.64. The fourth-order valence-electron chi connectivity index (χ4n) is 2.81. The van der Waals surface area contributed by atoms with Crippen LogP contribution in [0.15, 0.2) is 47.3 Å². The largest absolute Gasteiger partial charge is 0.348 e. The van der Waals surface area contributed by atoms with Crippen molar-refractivity contribution in [1.82, 2.24) is 14.5 Å². The average Bonchev–Trinajstić information content (AvgIpc) is 2.82. The van der Waals surface area contributed by atoms with Gasteiger partial charge >= 0.3 is 5.69 Å². The topological polar surface area (TPSA) is 56.0 Å². The van der Waals surface area contributed by atoms with Gasteiger partial charge in [-0.05, 0) is 36.8 Å². The van der Waals surface area contributed by atoms with Crippen LogP contribution in [0, 0.1) is 11.6 Å². The Bertz CT molecular complexity index is 1010. The Labute approximate surface area is 142 Å². The molecule has 3 rings (SSSR count). The maximum absolute atomic E-state index is 13.3. The molecule has 1 aromatic heterocycles. The first-order valence-electron chi connectivity index (χ1n) is 7.77. The van der Waals surface area contributed by atoms with Gasteiger partial charge in [0.25, 0.3) is 0 Å². The molecule has 1 N–H and O–H groups in total. The van der Waals surface area contributed by atoms with Crippen molar-refractivity contribution >= 4 is 16.9 Å². The highest BCUT2D eigenvalue weighted by Gasteiger charge is 2.16. The van der Waals surface area contributed by atoms with Gasteiger partial charge in [0.1, 0.15) is 6.54 Å². The highest BCUT2D eigenvalue weighted by Crippen LogP contribution is 2.16. The van der Waals surface area contributed by atoms with Crippen molar-refractivity contribution in [2.75, 3.05) is 0 Å². The molecule has 0 aliphatic carbocycles. The molecule has 0 saturated heterocycles. The molecule has 1 heterocycles. The van der Waals surface area contributed by atoms with E-state index in [1.165, 1.54) is 15.2 Å². The third kappa shape index (κ3) is 3.17. The first-order chi connectivity index (χ1) is 11.9. The van der Waals surface area contributed by atoms with E-state index in [1.807, 2.05) is 6.07 Å². The second kappa shape index (κ2) is 6.51. The number of nitrogens with one attached hydrogen (secondary N) is 1. The molecule has 0 aliphatic heterocycles. The zero-order valence-electron chi connectivity index (χ0n) is 13.8. The van der Waals surface area contributed by atoms with Crippen molar-refractivity contribution in [3.8, 4) is 0 Å². The van der Waals surface area contributed by atoms with Gasteiger partial charge in [0.05, 0.1) is 17.1 Å². The van der Waals surface area contributed by atoms with Gasteiger partial charge in [-0.15, -0.1) is 0 Å². The number of benzene rings is 2. The van der Waals surface area contributed by atoms with E-state index in [0.717, 1.165) is 17.6 Å². The minimum absolute atomic E-state index is 0.159. The van der Waals surface area contributed by atoms with Crippen molar-refractivity contribution in [3.05, 3.63) is 70.1 Å². The number of carbonyl (C=O) groups excluding carboxylic acids is 1. The van der Waals surface area contributed by atoms with Gasteiger partial charge in [-0.3, -0.25) is 13.9 Å². The molecule has 1 unspecified atom stereocenters. The van der Waals surface area contributed by atoms with Crippen LogP contribution in [0.5, 0.6) is 0 Å². The Morgan fingerprint density at radius 1 is 1.12 bits per heavy atom. The lowest BCUT2D eigenvalue weighted by Crippen LogP contribution is -2.34. The summed E-state index contributed by atoms with van der Waals surface area (Å²) in [6.45, 7) is 1.50. The summed E-state index contributed by atoms with van der Waals surface area (Å²) in [5, 5.41) is 2.70. The summed E-state index contributed by atoms with van der Waals surface area (Å²) in [6, 6.07) is 10.1. The van der Waals surface area contributed by atoms with E-state index in [9.17, 15) is 18.4 Å². The van der Waals surface area contributed by atoms with Crippen molar-refractivity contribution in [3.63, 3.8) is 0 Å². The third-order valence-electron chi connectivity index (χ3n) is 4.17. The van der Waals surface area contributed by atoms with E-state index in [-0.39, 0.29) is 12.2 Å². The number of imidazole rings is 1. The molecule has 130 valence electrons. The Hall–Kier alpha value is -2.96. The zero-order valence-corrected chi connectivity index (χ0v) is 13.8. The summed E-state index contributed by atoms with van der Waals surface area (Å²) < 4.78 is 29.2. The van der Waals surface area contributed by atoms with Gasteiger partial charge in [-0.1, -0.05) is 18.2 Å². The molecule has 25 heavy (non-hydrogen) atoms. The van der Waals surface area contributed by atoms with E-state index in [2.05, 4.69) is 5.32 Å². The van der Waals surface area contributed by atoms with Crippen LogP contribution >= 0.6 is 0 Å². The highest BCUT2D eigenvalue weighted by molar-refractivity contribution is 5.81. The minimum Gasteiger partial charge on any atom is -0.348 e. The molecule has 7 heteroatoms. The molecular formula is C18H17F2N3O2. The minimum atomic E-state index is -0.969. The quantitative estimate of drug-likeness (QED) is 0.790. The molecule has 3 aromatic rings. The fourth-order valence-corrected chi connectivity index (χ4v) is 2.81. The van der Waals surface area contributed by atoms with Crippen molar-refractivity contribution in [1.29, 1.82) is 0 Å². The number of rotatable bonds is 4. The number of hydrogen-bond acceptors (Lipinski definition) is 2. The normalized spacial score (nSPS) is 12.3. The van der Waals surface area contributed by atoms with Gasteiger partial charge in [0, 0.05) is 7.05 Å². The number of fused-ring (bicyclic) bond motifs is 1. The number of nitrogens with zero attached hydrogens (tertiary/aromatic N) is 2. The maximum Gasteiger partial charge on any atom is 0.329 e. The standard InChI is InChI=1S/C18H17F2N3O2/c1-11(12-7-8-13(19)14(20)9-12)21-17(24)10-23-16-6-4-3-5-15(16)22(2)18(23)25/h3-9,11H,10H2,1-2H3,(H,21,24). The summed E-state index contributed by atoms with van der Waals surface area (Å²) in [6.07, 6.45) is 0. The van der Waals surface area contributed by atoms with Gasteiger partial charge in [-0.25, -0.2) is 13.6 Å². The molecule has 5 nitrogen and oxygen atoms in total. The fraction of sp³-hybridized carbons (Fsp3) is 0.222. The molecule has 0 aliphatic rings. The Morgan fingerprint density at radius 2 is 1.80 bits per heavy atom. The van der Waals surface area contributed by atoms with Crippen molar-refractivity contribution in [2.24, 2.45) is 7.05 Å². The summed E-state index contributed by atoms with van der Waals surface area (Å²) in [5.74, 6) is -2.30. The van der Waals surface area contributed by atoms with Gasteiger partial charge in [0.2, 0.25) is 5.91 Å². The lowest BCUT2D eigenvalue weighted by atomic mass is 10.1. The van der Waals surface area contributed by atoms with Gasteiger partial charge in [-0.2, -0.15) is 0 Å². The van der Waals surface area contributed by atoms with Crippen LogP contribution in [-0.4, -0.2) is 15.0 Å². The number of aryl methyl sites for hydroxylation is 1. The maximum atomic E-state index is 13.3. The van der Waals surface area contributed by atoms with E-state index >= 15 is 0 Å². The first kappa shape index (κ1) is 16.9. The van der Waals surface area contributed by atoms with E-state index < -0.39 is 23.6 Å². The zero-order chi connectivity index (χ0) is 18.1. The SMILES string of the molecule is CC(NC(=O)Cn1c(=O)n(C)c2ccccc21)c1ccc(F)c(F)c1. The lowest BCUT2D eigenvalue weighted by Gasteiger charge is -2.15. The number of halogens is 2. The lowest BCUT2D eigenvalue weighted by molar-refractivity contribution is -0.122. The number of amides is 1. The van der Waals surface area contributed by atoms with Crippen molar-refractivity contribution < 1.29 is 13.6 Å². The van der Waals surface area contributed by atoms with Crippen LogP contribution in [0.4, 0.5) is 8.78 Å². The van der Waals surface area contributed by atoms with Crippen LogP contribution in [0.2, 0.25) is 0 Å². The molecule has 1 amide bonds.